The summed E-state index contributed by atoms with van der Waals surface area (Å²) in [7, 11) is 0. The monoisotopic (exact) mass is 436 g/mol. The van der Waals surface area contributed by atoms with Crippen LogP contribution in [0.15, 0.2) is 59.4 Å². The lowest BCUT2D eigenvalue weighted by atomic mass is 10.1. The highest BCUT2D eigenvalue weighted by molar-refractivity contribution is 5.80. The van der Waals surface area contributed by atoms with Gasteiger partial charge in [0.2, 0.25) is 0 Å². The van der Waals surface area contributed by atoms with Crippen LogP contribution in [0.1, 0.15) is 12.5 Å². The number of aromatic nitrogens is 1. The number of pyridine rings is 1. The van der Waals surface area contributed by atoms with Crippen molar-refractivity contribution in [1.82, 2.24) is 20.5 Å². The SMILES string of the molecule is CCNC(=O)NCC1CN(Cc2cc3ccc(Oc4ccccc4)cc3[nH]c2=O)CCO1. The molecule has 0 aliphatic carbocycles. The maximum absolute atomic E-state index is 12.7. The molecule has 2 amide bonds. The molecule has 1 aliphatic heterocycles. The normalized spacial score (nSPS) is 16.6. The number of aromatic amines is 1. The number of nitrogens with zero attached hydrogens (tertiary/aromatic N) is 1. The first-order chi connectivity index (χ1) is 15.6. The van der Waals surface area contributed by atoms with Crippen LogP contribution in [-0.2, 0) is 11.3 Å². The van der Waals surface area contributed by atoms with Gasteiger partial charge in [-0.3, -0.25) is 9.69 Å². The zero-order chi connectivity index (χ0) is 22.3. The minimum absolute atomic E-state index is 0.108. The molecule has 1 saturated heterocycles. The summed E-state index contributed by atoms with van der Waals surface area (Å²) in [4.78, 5) is 29.5. The molecule has 1 aromatic heterocycles. The van der Waals surface area contributed by atoms with Gasteiger partial charge < -0.3 is 25.1 Å². The maximum Gasteiger partial charge on any atom is 0.314 e. The minimum Gasteiger partial charge on any atom is -0.457 e. The van der Waals surface area contributed by atoms with Crippen LogP contribution in [0.25, 0.3) is 10.9 Å². The lowest BCUT2D eigenvalue weighted by Gasteiger charge is -2.32. The Morgan fingerprint density at radius 2 is 2.00 bits per heavy atom. The largest absolute Gasteiger partial charge is 0.457 e. The smallest absolute Gasteiger partial charge is 0.314 e. The van der Waals surface area contributed by atoms with E-state index in [-0.39, 0.29) is 17.7 Å². The fourth-order valence-electron chi connectivity index (χ4n) is 3.75. The van der Waals surface area contributed by atoms with Gasteiger partial charge in [-0.15, -0.1) is 0 Å². The first-order valence-electron chi connectivity index (χ1n) is 10.8. The molecule has 8 nitrogen and oxygen atoms in total. The Bertz CT molecular complexity index is 1120. The second-order valence-electron chi connectivity index (χ2n) is 7.76. The highest BCUT2D eigenvalue weighted by Gasteiger charge is 2.22. The standard InChI is InChI=1S/C24H28N4O4/c1-2-25-24(30)26-14-21-16-28(10-11-31-21)15-18-12-17-8-9-20(13-22(17)27-23(18)29)32-19-6-4-3-5-7-19/h3-9,12-13,21H,2,10-11,14-16H2,1H3,(H,27,29)(H2,25,26,30). The van der Waals surface area contributed by atoms with Crippen molar-refractivity contribution in [2.24, 2.45) is 0 Å². The molecule has 1 fully saturated rings. The summed E-state index contributed by atoms with van der Waals surface area (Å²) in [5, 5.41) is 6.47. The summed E-state index contributed by atoms with van der Waals surface area (Å²) in [6.45, 7) is 5.35. The molecule has 1 atom stereocenters. The van der Waals surface area contributed by atoms with Crippen molar-refractivity contribution in [1.29, 1.82) is 0 Å². The molecule has 32 heavy (non-hydrogen) atoms. The molecule has 0 spiro atoms. The number of benzene rings is 2. The Labute approximate surface area is 186 Å². The molecule has 3 aromatic rings. The van der Waals surface area contributed by atoms with E-state index in [0.717, 1.165) is 23.2 Å². The van der Waals surface area contributed by atoms with Crippen LogP contribution in [0.4, 0.5) is 4.79 Å². The summed E-state index contributed by atoms with van der Waals surface area (Å²) < 4.78 is 11.6. The van der Waals surface area contributed by atoms with Crippen molar-refractivity contribution in [3.63, 3.8) is 0 Å². The number of nitrogens with one attached hydrogen (secondary N) is 3. The van der Waals surface area contributed by atoms with Crippen molar-refractivity contribution in [3.8, 4) is 11.5 Å². The topological polar surface area (TPSA) is 95.7 Å². The summed E-state index contributed by atoms with van der Waals surface area (Å²) >= 11 is 0. The van der Waals surface area contributed by atoms with Crippen molar-refractivity contribution < 1.29 is 14.3 Å². The van der Waals surface area contributed by atoms with Gasteiger partial charge in [0, 0.05) is 44.4 Å². The fourth-order valence-corrected chi connectivity index (χ4v) is 3.75. The molecule has 3 N–H and O–H groups in total. The van der Waals surface area contributed by atoms with Crippen molar-refractivity contribution in [3.05, 3.63) is 70.5 Å². The predicted octanol–water partition coefficient (Wildman–Crippen LogP) is 2.84. The summed E-state index contributed by atoms with van der Waals surface area (Å²) in [5.74, 6) is 1.41. The van der Waals surface area contributed by atoms with Gasteiger partial charge in [0.05, 0.1) is 18.2 Å². The van der Waals surface area contributed by atoms with Crippen molar-refractivity contribution in [2.45, 2.75) is 19.6 Å². The molecule has 2 aromatic carbocycles. The van der Waals surface area contributed by atoms with E-state index in [0.29, 0.717) is 44.1 Å². The first-order valence-corrected chi connectivity index (χ1v) is 10.8. The second kappa shape index (κ2) is 10.3. The summed E-state index contributed by atoms with van der Waals surface area (Å²) in [6, 6.07) is 16.9. The van der Waals surface area contributed by atoms with Gasteiger partial charge in [0.1, 0.15) is 11.5 Å². The van der Waals surface area contributed by atoms with E-state index in [9.17, 15) is 9.59 Å². The van der Waals surface area contributed by atoms with Crippen molar-refractivity contribution >= 4 is 16.9 Å². The number of hydrogen-bond acceptors (Lipinski definition) is 5. The Balaban J connectivity index is 1.41. The zero-order valence-electron chi connectivity index (χ0n) is 18.1. The van der Waals surface area contributed by atoms with Gasteiger partial charge in [-0.1, -0.05) is 18.2 Å². The number of carbonyl (C=O) groups excluding carboxylic acids is 1. The van der Waals surface area contributed by atoms with E-state index >= 15 is 0 Å². The second-order valence-corrected chi connectivity index (χ2v) is 7.76. The molecule has 8 heteroatoms. The number of amides is 2. The number of hydrogen-bond donors (Lipinski definition) is 3. The van der Waals surface area contributed by atoms with E-state index in [1.807, 2.05) is 61.5 Å². The number of ether oxygens (including phenoxy) is 2. The highest BCUT2D eigenvalue weighted by Crippen LogP contribution is 2.24. The van der Waals surface area contributed by atoms with Crippen LogP contribution < -0.4 is 20.9 Å². The van der Waals surface area contributed by atoms with Crippen LogP contribution in [0.2, 0.25) is 0 Å². The van der Waals surface area contributed by atoms with E-state index in [2.05, 4.69) is 20.5 Å². The third-order valence-corrected chi connectivity index (χ3v) is 5.32. The van der Waals surface area contributed by atoms with Gasteiger partial charge in [0.25, 0.3) is 5.56 Å². The average molecular weight is 437 g/mol. The number of H-pyrrole nitrogens is 1. The van der Waals surface area contributed by atoms with Gasteiger partial charge in [-0.05, 0) is 42.6 Å². The third-order valence-electron chi connectivity index (χ3n) is 5.32. The molecule has 0 saturated carbocycles. The molecule has 0 bridgehead atoms. The number of urea groups is 1. The Morgan fingerprint density at radius 1 is 1.16 bits per heavy atom. The number of para-hydroxylation sites is 1. The van der Waals surface area contributed by atoms with Gasteiger partial charge in [-0.2, -0.15) is 0 Å². The Hall–Kier alpha value is -3.36. The summed E-state index contributed by atoms with van der Waals surface area (Å²) in [6.07, 6.45) is -0.108. The Kier molecular flexibility index (Phi) is 7.03. The van der Waals surface area contributed by atoms with Gasteiger partial charge in [-0.25, -0.2) is 4.79 Å². The van der Waals surface area contributed by atoms with Gasteiger partial charge in [0.15, 0.2) is 0 Å². The van der Waals surface area contributed by atoms with Crippen LogP contribution in [0.5, 0.6) is 11.5 Å². The molecule has 2 heterocycles. The van der Waals surface area contributed by atoms with Crippen LogP contribution in [0, 0.1) is 0 Å². The van der Waals surface area contributed by atoms with E-state index < -0.39 is 0 Å². The predicted molar refractivity (Wildman–Crippen MR) is 123 cm³/mol. The zero-order valence-corrected chi connectivity index (χ0v) is 18.1. The lowest BCUT2D eigenvalue weighted by Crippen LogP contribution is -2.49. The average Bonchev–Trinajstić information content (AvgIpc) is 2.79. The van der Waals surface area contributed by atoms with E-state index in [1.165, 1.54) is 0 Å². The summed E-state index contributed by atoms with van der Waals surface area (Å²) in [5.41, 5.74) is 1.32. The molecule has 1 aliphatic rings. The molecule has 0 radical (unpaired) electrons. The highest BCUT2D eigenvalue weighted by atomic mass is 16.5. The van der Waals surface area contributed by atoms with Crippen LogP contribution in [0.3, 0.4) is 0 Å². The fraction of sp³-hybridized carbons (Fsp3) is 0.333. The number of carbonyl (C=O) groups is 1. The van der Waals surface area contributed by atoms with E-state index in [1.54, 1.807) is 0 Å². The molecule has 168 valence electrons. The number of fused-ring (bicyclic) bond motifs is 1. The van der Waals surface area contributed by atoms with Crippen LogP contribution in [-0.4, -0.2) is 54.8 Å². The van der Waals surface area contributed by atoms with Crippen molar-refractivity contribution in [2.75, 3.05) is 32.8 Å². The minimum atomic E-state index is -0.199. The third kappa shape index (κ3) is 5.66. The number of morpholine rings is 1. The van der Waals surface area contributed by atoms with E-state index in [4.69, 9.17) is 9.47 Å². The lowest BCUT2D eigenvalue weighted by molar-refractivity contribution is -0.0288. The maximum atomic E-state index is 12.7. The van der Waals surface area contributed by atoms with Crippen LogP contribution >= 0.6 is 0 Å². The van der Waals surface area contributed by atoms with Gasteiger partial charge >= 0.3 is 6.03 Å². The molecular formula is C24H28N4O4. The Morgan fingerprint density at radius 3 is 2.81 bits per heavy atom. The molecule has 1 unspecified atom stereocenters. The quantitative estimate of drug-likeness (QED) is 0.529. The molecule has 4 rings (SSSR count). The molecular weight excluding hydrogens is 408 g/mol. The number of rotatable bonds is 7. The first kappa shape index (κ1) is 21.9.